The maximum absolute atomic E-state index is 12.4. The van der Waals surface area contributed by atoms with E-state index in [4.69, 9.17) is 4.74 Å². The maximum atomic E-state index is 12.4. The van der Waals surface area contributed by atoms with E-state index in [0.29, 0.717) is 17.8 Å². The average Bonchev–Trinajstić information content (AvgIpc) is 2.97. The fourth-order valence-electron chi connectivity index (χ4n) is 3.10. The molecular weight excluding hydrogens is 274 g/mol. The minimum Gasteiger partial charge on any atom is -0.378 e. The van der Waals surface area contributed by atoms with E-state index in [1.165, 1.54) is 30.6 Å². The van der Waals surface area contributed by atoms with Crippen molar-refractivity contribution in [1.82, 2.24) is 9.88 Å². The van der Waals surface area contributed by atoms with Crippen LogP contribution in [-0.4, -0.2) is 35.6 Å². The van der Waals surface area contributed by atoms with Crippen molar-refractivity contribution in [2.45, 2.75) is 44.8 Å². The molecule has 2 amide bonds. The fraction of sp³-hybridized carbons (Fsp3) is 0.714. The Morgan fingerprint density at radius 2 is 2.35 bits per heavy atom. The second-order valence-electron chi connectivity index (χ2n) is 5.60. The Kier molecular flexibility index (Phi) is 4.21. The number of urea groups is 1. The number of likely N-dealkylation sites (tertiary alicyclic amines) is 1. The quantitative estimate of drug-likeness (QED) is 0.928. The van der Waals surface area contributed by atoms with Crippen LogP contribution in [0, 0.1) is 5.92 Å². The topological polar surface area (TPSA) is 54.5 Å². The van der Waals surface area contributed by atoms with Gasteiger partial charge in [-0.2, -0.15) is 0 Å². The molecule has 20 heavy (non-hydrogen) atoms. The van der Waals surface area contributed by atoms with Crippen LogP contribution >= 0.6 is 11.3 Å². The normalized spacial score (nSPS) is 22.9. The van der Waals surface area contributed by atoms with Crippen LogP contribution in [0.25, 0.3) is 0 Å². The van der Waals surface area contributed by atoms with E-state index in [2.05, 4.69) is 10.3 Å². The van der Waals surface area contributed by atoms with Gasteiger partial charge < -0.3 is 9.64 Å². The molecule has 1 unspecified atom stereocenters. The number of ether oxygens (including phenoxy) is 1. The lowest BCUT2D eigenvalue weighted by Crippen LogP contribution is -2.44. The molecule has 1 saturated carbocycles. The van der Waals surface area contributed by atoms with Gasteiger partial charge in [-0.1, -0.05) is 6.42 Å². The molecule has 1 saturated heterocycles. The molecule has 0 radical (unpaired) electrons. The first kappa shape index (κ1) is 13.8. The molecule has 2 aliphatic rings. The molecule has 3 rings (SSSR count). The van der Waals surface area contributed by atoms with Gasteiger partial charge in [0.05, 0.1) is 12.3 Å². The number of nitrogens with zero attached hydrogens (tertiary/aromatic N) is 2. The molecule has 1 N–H and O–H groups in total. The molecule has 2 fully saturated rings. The van der Waals surface area contributed by atoms with Crippen LogP contribution in [-0.2, 0) is 11.3 Å². The zero-order chi connectivity index (χ0) is 13.9. The molecule has 5 nitrogen and oxygen atoms in total. The maximum Gasteiger partial charge on any atom is 0.323 e. The third kappa shape index (κ3) is 2.81. The summed E-state index contributed by atoms with van der Waals surface area (Å²) in [5, 5.41) is 5.53. The molecule has 0 bridgehead atoms. The number of hydrogen-bond donors (Lipinski definition) is 1. The van der Waals surface area contributed by atoms with Crippen molar-refractivity contribution in [2.75, 3.05) is 19.0 Å². The Hall–Kier alpha value is -1.14. The standard InChI is InChI=1S/C14H21N3O2S/c1-19-8-11-9-20-13(15-11)16-14(18)17-7-3-6-12(17)10-4-2-5-10/h9-10,12H,2-8H2,1H3,(H,15,16,18). The number of hydrogen-bond acceptors (Lipinski definition) is 4. The van der Waals surface area contributed by atoms with Crippen molar-refractivity contribution in [1.29, 1.82) is 0 Å². The second kappa shape index (κ2) is 6.10. The van der Waals surface area contributed by atoms with Crippen molar-refractivity contribution < 1.29 is 9.53 Å². The second-order valence-corrected chi connectivity index (χ2v) is 6.46. The van der Waals surface area contributed by atoms with Crippen LogP contribution in [0.3, 0.4) is 0 Å². The molecule has 2 heterocycles. The number of aromatic nitrogens is 1. The average molecular weight is 295 g/mol. The lowest BCUT2D eigenvalue weighted by atomic mass is 9.79. The minimum atomic E-state index is 0.0118. The Bertz CT molecular complexity index is 473. The highest BCUT2D eigenvalue weighted by molar-refractivity contribution is 7.13. The fourth-order valence-corrected chi connectivity index (χ4v) is 3.79. The molecule has 1 aliphatic carbocycles. The molecule has 0 spiro atoms. The molecule has 1 atom stereocenters. The van der Waals surface area contributed by atoms with E-state index >= 15 is 0 Å². The van der Waals surface area contributed by atoms with Crippen molar-refractivity contribution in [3.05, 3.63) is 11.1 Å². The van der Waals surface area contributed by atoms with Crippen LogP contribution in [0.5, 0.6) is 0 Å². The molecule has 6 heteroatoms. The Morgan fingerprint density at radius 3 is 3.05 bits per heavy atom. The number of amides is 2. The third-order valence-corrected chi connectivity index (χ3v) is 5.12. The van der Waals surface area contributed by atoms with Crippen LogP contribution in [0.2, 0.25) is 0 Å². The highest BCUT2D eigenvalue weighted by Gasteiger charge is 2.37. The van der Waals surface area contributed by atoms with E-state index in [1.54, 1.807) is 7.11 Å². The lowest BCUT2D eigenvalue weighted by Gasteiger charge is -2.36. The monoisotopic (exact) mass is 295 g/mol. The van der Waals surface area contributed by atoms with E-state index < -0.39 is 0 Å². The van der Waals surface area contributed by atoms with E-state index in [9.17, 15) is 4.79 Å². The first-order chi connectivity index (χ1) is 9.78. The number of nitrogens with one attached hydrogen (secondary N) is 1. The highest BCUT2D eigenvalue weighted by Crippen LogP contribution is 2.37. The van der Waals surface area contributed by atoms with Gasteiger partial charge in [0, 0.05) is 25.1 Å². The summed E-state index contributed by atoms with van der Waals surface area (Å²) in [5.41, 5.74) is 0.866. The summed E-state index contributed by atoms with van der Waals surface area (Å²) in [5.74, 6) is 0.726. The van der Waals surface area contributed by atoms with E-state index in [0.717, 1.165) is 31.0 Å². The summed E-state index contributed by atoms with van der Waals surface area (Å²) in [6, 6.07) is 0.458. The van der Waals surface area contributed by atoms with E-state index in [-0.39, 0.29) is 6.03 Å². The van der Waals surface area contributed by atoms with Crippen LogP contribution < -0.4 is 5.32 Å². The van der Waals surface area contributed by atoms with Gasteiger partial charge in [0.1, 0.15) is 0 Å². The first-order valence-electron chi connectivity index (χ1n) is 7.29. The molecule has 1 aromatic rings. The molecule has 1 aliphatic heterocycles. The van der Waals surface area contributed by atoms with Gasteiger partial charge in [-0.15, -0.1) is 11.3 Å². The summed E-state index contributed by atoms with van der Waals surface area (Å²) < 4.78 is 5.04. The molecule has 110 valence electrons. The third-order valence-electron chi connectivity index (χ3n) is 4.31. The first-order valence-corrected chi connectivity index (χ1v) is 8.17. The number of carbonyl (C=O) groups is 1. The van der Waals surface area contributed by atoms with Crippen molar-refractivity contribution in [2.24, 2.45) is 5.92 Å². The van der Waals surface area contributed by atoms with Crippen LogP contribution in [0.1, 0.15) is 37.8 Å². The number of thiazole rings is 1. The Morgan fingerprint density at radius 1 is 1.50 bits per heavy atom. The smallest absolute Gasteiger partial charge is 0.323 e. The molecule has 1 aromatic heterocycles. The van der Waals surface area contributed by atoms with Gasteiger partial charge >= 0.3 is 6.03 Å². The number of methoxy groups -OCH3 is 1. The largest absolute Gasteiger partial charge is 0.378 e. The number of rotatable bonds is 4. The summed E-state index contributed by atoms with van der Waals surface area (Å²) in [7, 11) is 1.64. The zero-order valence-corrected chi connectivity index (χ0v) is 12.6. The summed E-state index contributed by atoms with van der Waals surface area (Å²) >= 11 is 1.46. The lowest BCUT2D eigenvalue weighted by molar-refractivity contribution is 0.148. The highest BCUT2D eigenvalue weighted by atomic mass is 32.1. The van der Waals surface area contributed by atoms with E-state index in [1.807, 2.05) is 10.3 Å². The van der Waals surface area contributed by atoms with Gasteiger partial charge in [0.25, 0.3) is 0 Å². The summed E-state index contributed by atoms with van der Waals surface area (Å²) in [6.45, 7) is 1.37. The van der Waals surface area contributed by atoms with Crippen LogP contribution in [0.15, 0.2) is 5.38 Å². The predicted octanol–water partition coefficient (Wildman–Crippen LogP) is 3.09. The number of carbonyl (C=O) groups excluding carboxylic acids is 1. The minimum absolute atomic E-state index is 0.0118. The van der Waals surface area contributed by atoms with Gasteiger partial charge in [-0.25, -0.2) is 9.78 Å². The van der Waals surface area contributed by atoms with Gasteiger partial charge in [-0.05, 0) is 31.6 Å². The van der Waals surface area contributed by atoms with Gasteiger partial charge in [-0.3, -0.25) is 5.32 Å². The van der Waals surface area contributed by atoms with Gasteiger partial charge in [0.2, 0.25) is 0 Å². The van der Waals surface area contributed by atoms with Crippen LogP contribution in [0.4, 0.5) is 9.93 Å². The van der Waals surface area contributed by atoms with Crippen molar-refractivity contribution in [3.8, 4) is 0 Å². The van der Waals surface area contributed by atoms with Crippen molar-refractivity contribution >= 4 is 22.5 Å². The number of anilines is 1. The molecule has 0 aromatic carbocycles. The zero-order valence-electron chi connectivity index (χ0n) is 11.8. The Labute approximate surface area is 123 Å². The summed E-state index contributed by atoms with van der Waals surface area (Å²) in [4.78, 5) is 18.8. The van der Waals surface area contributed by atoms with Gasteiger partial charge in [0.15, 0.2) is 5.13 Å². The van der Waals surface area contributed by atoms with Crippen molar-refractivity contribution in [3.63, 3.8) is 0 Å². The Balaban J connectivity index is 1.59. The SMILES string of the molecule is COCc1csc(NC(=O)N2CCCC2C2CCC2)n1. The predicted molar refractivity (Wildman–Crippen MR) is 78.9 cm³/mol. The molecular formula is C14H21N3O2S. The summed E-state index contributed by atoms with van der Waals surface area (Å²) in [6.07, 6.45) is 6.17.